The van der Waals surface area contributed by atoms with Crippen LogP contribution in [0.15, 0.2) is 30.3 Å². The first-order valence-corrected chi connectivity index (χ1v) is 12.4. The Kier molecular flexibility index (Phi) is 7.25. The highest BCUT2D eigenvalue weighted by molar-refractivity contribution is 5.84. The number of hydrogen-bond acceptors (Lipinski definition) is 0. The average Bonchev–Trinajstić information content (AvgIpc) is 2.79. The molecule has 4 rings (SSSR count). The van der Waals surface area contributed by atoms with Crippen LogP contribution in [0.25, 0.3) is 11.6 Å². The van der Waals surface area contributed by atoms with Crippen molar-refractivity contribution >= 4 is 11.6 Å². The fraction of sp³-hybridized carbons (Fsp3) is 0.517. The lowest BCUT2D eigenvalue weighted by molar-refractivity contribution is 0.302. The van der Waals surface area contributed by atoms with Gasteiger partial charge in [-0.25, -0.2) is 8.78 Å². The van der Waals surface area contributed by atoms with Gasteiger partial charge in [0.1, 0.15) is 11.6 Å². The van der Waals surface area contributed by atoms with Gasteiger partial charge in [-0.15, -0.1) is 0 Å². The summed E-state index contributed by atoms with van der Waals surface area (Å²) in [6.45, 7) is 4.24. The van der Waals surface area contributed by atoms with Crippen LogP contribution in [0.2, 0.25) is 0 Å². The van der Waals surface area contributed by atoms with Crippen LogP contribution in [0.4, 0.5) is 8.78 Å². The molecule has 0 heterocycles. The second-order valence-corrected chi connectivity index (χ2v) is 9.62. The van der Waals surface area contributed by atoms with E-state index in [1.54, 1.807) is 12.1 Å². The lowest BCUT2D eigenvalue weighted by Gasteiger charge is -2.29. The van der Waals surface area contributed by atoms with Gasteiger partial charge in [-0.1, -0.05) is 63.8 Å². The standard InChI is InChI=1S/C29H36F2/c1-3-5-6-7-20-8-10-22(11-9-20)24-14-15-27(29(31)18-24)25-13-12-23-16-21(4-2)28(30)19-26(23)17-25/h14-20,22H,3-13H2,1-2H3. The summed E-state index contributed by atoms with van der Waals surface area (Å²) in [5, 5.41) is 0. The van der Waals surface area contributed by atoms with Crippen molar-refractivity contribution in [3.05, 3.63) is 69.8 Å². The molecule has 0 amide bonds. The highest BCUT2D eigenvalue weighted by Crippen LogP contribution is 2.39. The van der Waals surface area contributed by atoms with Gasteiger partial charge in [0.2, 0.25) is 0 Å². The third-order valence-electron chi connectivity index (χ3n) is 7.56. The predicted octanol–water partition coefficient (Wildman–Crippen LogP) is 8.87. The monoisotopic (exact) mass is 422 g/mol. The molecule has 2 aliphatic rings. The van der Waals surface area contributed by atoms with E-state index in [1.165, 1.54) is 56.9 Å². The molecule has 0 radical (unpaired) electrons. The SMILES string of the molecule is CCCCCC1CCC(c2ccc(C3=Cc4cc(F)c(CC)cc4CC3)c(F)c2)CC1. The van der Waals surface area contributed by atoms with Crippen molar-refractivity contribution in [2.75, 3.05) is 0 Å². The van der Waals surface area contributed by atoms with Crippen LogP contribution in [-0.2, 0) is 12.8 Å². The quantitative estimate of drug-likeness (QED) is 0.391. The van der Waals surface area contributed by atoms with E-state index in [9.17, 15) is 4.39 Å². The van der Waals surface area contributed by atoms with Gasteiger partial charge in [-0.3, -0.25) is 0 Å². The topological polar surface area (TPSA) is 0 Å². The molecule has 166 valence electrons. The number of aryl methyl sites for hydroxylation is 2. The summed E-state index contributed by atoms with van der Waals surface area (Å²) in [6.07, 6.45) is 14.6. The number of fused-ring (bicyclic) bond motifs is 1. The van der Waals surface area contributed by atoms with E-state index in [4.69, 9.17) is 0 Å². The normalized spacial score (nSPS) is 21.0. The van der Waals surface area contributed by atoms with E-state index in [1.807, 2.05) is 25.1 Å². The fourth-order valence-corrected chi connectivity index (χ4v) is 5.56. The Morgan fingerprint density at radius 2 is 1.68 bits per heavy atom. The highest BCUT2D eigenvalue weighted by Gasteiger charge is 2.23. The van der Waals surface area contributed by atoms with Crippen LogP contribution in [0.1, 0.15) is 105 Å². The first-order chi connectivity index (χ1) is 15.1. The zero-order chi connectivity index (χ0) is 21.8. The Morgan fingerprint density at radius 3 is 2.39 bits per heavy atom. The van der Waals surface area contributed by atoms with Gasteiger partial charge >= 0.3 is 0 Å². The van der Waals surface area contributed by atoms with E-state index in [2.05, 4.69) is 13.0 Å². The summed E-state index contributed by atoms with van der Waals surface area (Å²) in [4.78, 5) is 0. The number of unbranched alkanes of at least 4 members (excludes halogenated alkanes) is 2. The van der Waals surface area contributed by atoms with Crippen LogP contribution in [0, 0.1) is 17.6 Å². The minimum absolute atomic E-state index is 0.122. The van der Waals surface area contributed by atoms with Crippen LogP contribution in [-0.4, -0.2) is 0 Å². The maximum atomic E-state index is 15.1. The molecule has 2 aromatic rings. The minimum atomic E-state index is -0.153. The number of hydrogen-bond donors (Lipinski definition) is 0. The molecular formula is C29H36F2. The van der Waals surface area contributed by atoms with Crippen molar-refractivity contribution in [1.29, 1.82) is 0 Å². The van der Waals surface area contributed by atoms with Crippen molar-refractivity contribution < 1.29 is 8.78 Å². The van der Waals surface area contributed by atoms with Gasteiger partial charge in [0.15, 0.2) is 0 Å². The first-order valence-electron chi connectivity index (χ1n) is 12.4. The van der Waals surface area contributed by atoms with Crippen LogP contribution < -0.4 is 0 Å². The molecule has 2 heteroatoms. The van der Waals surface area contributed by atoms with Crippen LogP contribution in [0.3, 0.4) is 0 Å². The van der Waals surface area contributed by atoms with Gasteiger partial charge in [0.25, 0.3) is 0 Å². The summed E-state index contributed by atoms with van der Waals surface area (Å²) < 4.78 is 29.4. The molecule has 0 saturated heterocycles. The molecule has 0 unspecified atom stereocenters. The highest BCUT2D eigenvalue weighted by atomic mass is 19.1. The molecule has 1 fully saturated rings. The predicted molar refractivity (Wildman–Crippen MR) is 127 cm³/mol. The molecule has 0 nitrogen and oxygen atoms in total. The first kappa shape index (κ1) is 22.2. The van der Waals surface area contributed by atoms with Gasteiger partial charge in [0.05, 0.1) is 0 Å². The van der Waals surface area contributed by atoms with E-state index in [0.717, 1.165) is 41.0 Å². The number of allylic oxidation sites excluding steroid dienone is 1. The molecule has 0 aromatic heterocycles. The summed E-state index contributed by atoms with van der Waals surface area (Å²) >= 11 is 0. The summed E-state index contributed by atoms with van der Waals surface area (Å²) in [5.41, 5.74) is 5.67. The minimum Gasteiger partial charge on any atom is -0.207 e. The summed E-state index contributed by atoms with van der Waals surface area (Å²) in [5.74, 6) is 1.09. The maximum Gasteiger partial charge on any atom is 0.130 e. The van der Waals surface area contributed by atoms with E-state index in [0.29, 0.717) is 17.9 Å². The number of benzene rings is 2. The summed E-state index contributed by atoms with van der Waals surface area (Å²) in [7, 11) is 0. The molecule has 31 heavy (non-hydrogen) atoms. The number of halogens is 2. The fourth-order valence-electron chi connectivity index (χ4n) is 5.56. The largest absolute Gasteiger partial charge is 0.207 e. The molecule has 0 bridgehead atoms. The molecule has 0 N–H and O–H groups in total. The van der Waals surface area contributed by atoms with Crippen molar-refractivity contribution in [2.45, 2.75) is 90.4 Å². The van der Waals surface area contributed by atoms with Gasteiger partial charge < -0.3 is 0 Å². The molecule has 1 saturated carbocycles. The average molecular weight is 423 g/mol. The number of rotatable bonds is 7. The van der Waals surface area contributed by atoms with Crippen molar-refractivity contribution in [3.63, 3.8) is 0 Å². The van der Waals surface area contributed by atoms with Crippen molar-refractivity contribution in [1.82, 2.24) is 0 Å². The Bertz CT molecular complexity index is 932. The second-order valence-electron chi connectivity index (χ2n) is 9.62. The van der Waals surface area contributed by atoms with Crippen LogP contribution >= 0.6 is 0 Å². The van der Waals surface area contributed by atoms with Gasteiger partial charge in [-0.05, 0) is 96.7 Å². The molecular weight excluding hydrogens is 386 g/mol. The third-order valence-corrected chi connectivity index (χ3v) is 7.56. The molecule has 0 spiro atoms. The Balaban J connectivity index is 1.46. The molecule has 0 atom stereocenters. The summed E-state index contributed by atoms with van der Waals surface area (Å²) in [6, 6.07) is 9.48. The van der Waals surface area contributed by atoms with Crippen LogP contribution in [0.5, 0.6) is 0 Å². The molecule has 2 aliphatic carbocycles. The van der Waals surface area contributed by atoms with E-state index < -0.39 is 0 Å². The third kappa shape index (κ3) is 5.10. The second kappa shape index (κ2) is 10.1. The maximum absolute atomic E-state index is 15.1. The molecule has 0 aliphatic heterocycles. The zero-order valence-corrected chi connectivity index (χ0v) is 19.2. The Hall–Kier alpha value is -1.96. The lowest BCUT2D eigenvalue weighted by atomic mass is 9.76. The lowest BCUT2D eigenvalue weighted by Crippen LogP contribution is -2.13. The molecule has 2 aromatic carbocycles. The Morgan fingerprint density at radius 1 is 0.871 bits per heavy atom. The van der Waals surface area contributed by atoms with Gasteiger partial charge in [0, 0.05) is 5.56 Å². The zero-order valence-electron chi connectivity index (χ0n) is 19.2. The van der Waals surface area contributed by atoms with E-state index in [-0.39, 0.29) is 11.6 Å². The Labute approximate surface area is 186 Å². The smallest absolute Gasteiger partial charge is 0.130 e. The van der Waals surface area contributed by atoms with E-state index >= 15 is 4.39 Å². The van der Waals surface area contributed by atoms with Crippen molar-refractivity contribution in [3.8, 4) is 0 Å². The van der Waals surface area contributed by atoms with Crippen molar-refractivity contribution in [2.24, 2.45) is 5.92 Å². The van der Waals surface area contributed by atoms with Gasteiger partial charge in [-0.2, -0.15) is 0 Å².